The van der Waals surface area contributed by atoms with Crippen LogP contribution in [0.1, 0.15) is 17.5 Å². The van der Waals surface area contributed by atoms with Crippen molar-refractivity contribution in [2.75, 3.05) is 31.1 Å². The van der Waals surface area contributed by atoms with Crippen molar-refractivity contribution in [3.63, 3.8) is 0 Å². The average Bonchev–Trinajstić information content (AvgIpc) is 2.82. The Balaban J connectivity index is 1.65. The molecule has 4 heteroatoms. The largest absolute Gasteiger partial charge is 0.369 e. The number of rotatable bonds is 3. The van der Waals surface area contributed by atoms with E-state index >= 15 is 0 Å². The van der Waals surface area contributed by atoms with E-state index in [-0.39, 0.29) is 5.82 Å². The third-order valence-corrected chi connectivity index (χ3v) is 4.27. The number of hydrogen-bond donors (Lipinski definition) is 0. The maximum absolute atomic E-state index is 13.0. The Morgan fingerprint density at radius 1 is 0.957 bits per heavy atom. The summed E-state index contributed by atoms with van der Waals surface area (Å²) in [4.78, 5) is 4.69. The number of benzene rings is 2. The molecule has 0 radical (unpaired) electrons. The quantitative estimate of drug-likeness (QED) is 0.870. The van der Waals surface area contributed by atoms with Crippen molar-refractivity contribution < 1.29 is 4.39 Å². The highest BCUT2D eigenvalue weighted by Gasteiger charge is 2.17. The van der Waals surface area contributed by atoms with Crippen LogP contribution in [0.25, 0.3) is 0 Å². The molecule has 3 rings (SSSR count). The van der Waals surface area contributed by atoms with E-state index < -0.39 is 0 Å². The molecule has 0 atom stereocenters. The molecule has 1 aliphatic heterocycles. The monoisotopic (exact) mass is 309 g/mol. The Kier molecular flexibility index (Phi) is 4.89. The van der Waals surface area contributed by atoms with E-state index in [2.05, 4.69) is 15.9 Å². The molecule has 0 N–H and O–H groups in total. The third kappa shape index (κ3) is 3.88. The molecule has 1 heterocycles. The molecule has 23 heavy (non-hydrogen) atoms. The van der Waals surface area contributed by atoms with E-state index in [1.165, 1.54) is 12.1 Å². The Hall–Kier alpha value is -2.38. The SMILES string of the molecule is N#Cc1ccccc1N1CCCN(Cc2ccc(F)cc2)CC1. The van der Waals surface area contributed by atoms with Gasteiger partial charge >= 0.3 is 0 Å². The van der Waals surface area contributed by atoms with Crippen molar-refractivity contribution in [3.05, 3.63) is 65.5 Å². The molecular weight excluding hydrogens is 289 g/mol. The fourth-order valence-electron chi connectivity index (χ4n) is 3.06. The van der Waals surface area contributed by atoms with Crippen molar-refractivity contribution in [2.24, 2.45) is 0 Å². The van der Waals surface area contributed by atoms with Crippen molar-refractivity contribution in [1.29, 1.82) is 5.26 Å². The van der Waals surface area contributed by atoms with Gasteiger partial charge in [0.05, 0.1) is 11.3 Å². The Bertz CT molecular complexity index is 691. The van der Waals surface area contributed by atoms with E-state index in [1.807, 2.05) is 36.4 Å². The summed E-state index contributed by atoms with van der Waals surface area (Å²) in [5.41, 5.74) is 2.90. The molecule has 0 aliphatic carbocycles. The molecule has 2 aromatic carbocycles. The summed E-state index contributed by atoms with van der Waals surface area (Å²) in [6, 6.07) is 16.8. The van der Waals surface area contributed by atoms with E-state index in [9.17, 15) is 9.65 Å². The van der Waals surface area contributed by atoms with Crippen LogP contribution in [0.2, 0.25) is 0 Å². The van der Waals surface area contributed by atoms with Gasteiger partial charge in [0.1, 0.15) is 11.9 Å². The van der Waals surface area contributed by atoms with Crippen LogP contribution in [-0.2, 0) is 6.54 Å². The van der Waals surface area contributed by atoms with Crippen molar-refractivity contribution in [2.45, 2.75) is 13.0 Å². The van der Waals surface area contributed by atoms with E-state index in [0.29, 0.717) is 0 Å². The highest BCUT2D eigenvalue weighted by molar-refractivity contribution is 5.59. The van der Waals surface area contributed by atoms with Crippen molar-refractivity contribution in [3.8, 4) is 6.07 Å². The van der Waals surface area contributed by atoms with Crippen LogP contribution in [0, 0.1) is 17.1 Å². The summed E-state index contributed by atoms with van der Waals surface area (Å²) in [5, 5.41) is 9.27. The minimum Gasteiger partial charge on any atom is -0.369 e. The lowest BCUT2D eigenvalue weighted by Crippen LogP contribution is -2.30. The Morgan fingerprint density at radius 3 is 2.52 bits per heavy atom. The molecule has 0 amide bonds. The summed E-state index contributed by atoms with van der Waals surface area (Å²) in [5.74, 6) is -0.191. The lowest BCUT2D eigenvalue weighted by atomic mass is 10.1. The van der Waals surface area contributed by atoms with Gasteiger partial charge in [-0.1, -0.05) is 24.3 Å². The number of anilines is 1. The zero-order chi connectivity index (χ0) is 16.1. The van der Waals surface area contributed by atoms with E-state index in [1.54, 1.807) is 0 Å². The number of para-hydroxylation sites is 1. The average molecular weight is 309 g/mol. The number of nitriles is 1. The first-order valence-corrected chi connectivity index (χ1v) is 7.97. The molecule has 0 bridgehead atoms. The first kappa shape index (κ1) is 15.5. The van der Waals surface area contributed by atoms with E-state index in [4.69, 9.17) is 0 Å². The van der Waals surface area contributed by atoms with Gasteiger partial charge in [-0.25, -0.2) is 4.39 Å². The summed E-state index contributed by atoms with van der Waals surface area (Å²) in [6.07, 6.45) is 1.06. The van der Waals surface area contributed by atoms with Gasteiger partial charge in [0.2, 0.25) is 0 Å². The number of nitrogens with zero attached hydrogens (tertiary/aromatic N) is 3. The number of halogens is 1. The van der Waals surface area contributed by atoms with Crippen molar-refractivity contribution >= 4 is 5.69 Å². The first-order valence-electron chi connectivity index (χ1n) is 7.97. The molecule has 118 valence electrons. The Morgan fingerprint density at radius 2 is 1.74 bits per heavy atom. The van der Waals surface area contributed by atoms with Gasteiger partial charge in [0.25, 0.3) is 0 Å². The van der Waals surface area contributed by atoms with Gasteiger partial charge in [-0.15, -0.1) is 0 Å². The minimum atomic E-state index is -0.191. The normalized spacial score (nSPS) is 15.9. The number of hydrogen-bond acceptors (Lipinski definition) is 3. The zero-order valence-electron chi connectivity index (χ0n) is 13.1. The fraction of sp³-hybridized carbons (Fsp3) is 0.316. The molecule has 0 unspecified atom stereocenters. The van der Waals surface area contributed by atoms with Gasteiger partial charge < -0.3 is 4.90 Å². The predicted molar refractivity (Wildman–Crippen MR) is 89.7 cm³/mol. The van der Waals surface area contributed by atoms with Gasteiger partial charge in [0.15, 0.2) is 0 Å². The molecule has 1 fully saturated rings. The molecule has 3 nitrogen and oxygen atoms in total. The summed E-state index contributed by atoms with van der Waals surface area (Å²) in [6.45, 7) is 4.66. The first-order chi connectivity index (χ1) is 11.3. The highest BCUT2D eigenvalue weighted by atomic mass is 19.1. The lowest BCUT2D eigenvalue weighted by molar-refractivity contribution is 0.285. The lowest BCUT2D eigenvalue weighted by Gasteiger charge is -2.24. The topological polar surface area (TPSA) is 30.3 Å². The third-order valence-electron chi connectivity index (χ3n) is 4.27. The molecule has 1 aliphatic rings. The second kappa shape index (κ2) is 7.26. The van der Waals surface area contributed by atoms with Gasteiger partial charge in [-0.2, -0.15) is 5.26 Å². The van der Waals surface area contributed by atoms with Gasteiger partial charge in [0, 0.05) is 32.7 Å². The molecular formula is C19H20FN3. The van der Waals surface area contributed by atoms with Crippen LogP contribution in [0.3, 0.4) is 0 Å². The maximum Gasteiger partial charge on any atom is 0.123 e. The van der Waals surface area contributed by atoms with Crippen LogP contribution in [0.4, 0.5) is 10.1 Å². The van der Waals surface area contributed by atoms with Gasteiger partial charge in [-0.05, 0) is 36.2 Å². The van der Waals surface area contributed by atoms with Crippen LogP contribution in [-0.4, -0.2) is 31.1 Å². The fourth-order valence-corrected chi connectivity index (χ4v) is 3.06. The molecule has 0 saturated carbocycles. The summed E-state index contributed by atoms with van der Waals surface area (Å²) >= 11 is 0. The second-order valence-electron chi connectivity index (χ2n) is 5.87. The standard InChI is InChI=1S/C19H20FN3/c20-18-8-6-16(7-9-18)15-22-10-3-11-23(13-12-22)19-5-2-1-4-17(19)14-21/h1-2,4-9H,3,10-13,15H2. The summed E-state index contributed by atoms with van der Waals surface area (Å²) in [7, 11) is 0. The second-order valence-corrected chi connectivity index (χ2v) is 5.87. The Labute approximate surface area is 136 Å². The van der Waals surface area contributed by atoms with Crippen LogP contribution < -0.4 is 4.90 Å². The maximum atomic E-state index is 13.0. The van der Waals surface area contributed by atoms with Gasteiger partial charge in [-0.3, -0.25) is 4.90 Å². The van der Waals surface area contributed by atoms with Crippen molar-refractivity contribution in [1.82, 2.24) is 4.90 Å². The van der Waals surface area contributed by atoms with E-state index in [0.717, 1.165) is 56.0 Å². The molecule has 0 aromatic heterocycles. The zero-order valence-corrected chi connectivity index (χ0v) is 13.1. The summed E-state index contributed by atoms with van der Waals surface area (Å²) < 4.78 is 13.0. The van der Waals surface area contributed by atoms with Crippen LogP contribution >= 0.6 is 0 Å². The predicted octanol–water partition coefficient (Wildman–Crippen LogP) is 3.41. The molecule has 0 spiro atoms. The van der Waals surface area contributed by atoms with Crippen LogP contribution in [0.5, 0.6) is 0 Å². The highest BCUT2D eigenvalue weighted by Crippen LogP contribution is 2.21. The molecule has 1 saturated heterocycles. The molecule has 2 aromatic rings. The van der Waals surface area contributed by atoms with Crippen LogP contribution in [0.15, 0.2) is 48.5 Å². The minimum absolute atomic E-state index is 0.191. The smallest absolute Gasteiger partial charge is 0.123 e.